The van der Waals surface area contributed by atoms with Gasteiger partial charge in [0.1, 0.15) is 5.02 Å². The molecule has 0 saturated heterocycles. The van der Waals surface area contributed by atoms with Crippen molar-refractivity contribution in [2.24, 2.45) is 0 Å². The number of anilines is 1. The van der Waals surface area contributed by atoms with E-state index in [1.165, 1.54) is 4.68 Å². The summed E-state index contributed by atoms with van der Waals surface area (Å²) in [6, 6.07) is 9.99. The Balaban J connectivity index is 1.96. The van der Waals surface area contributed by atoms with Gasteiger partial charge in [0.15, 0.2) is 0 Å². The molecule has 0 aliphatic carbocycles. The summed E-state index contributed by atoms with van der Waals surface area (Å²) in [5, 5.41) is 7.80. The first-order valence-corrected chi connectivity index (χ1v) is 9.71. The zero-order valence-electron chi connectivity index (χ0n) is 15.9. The molecule has 142 valence electrons. The number of hydrogen-bond donors (Lipinski definition) is 1. The van der Waals surface area contributed by atoms with Crippen LogP contribution in [0.4, 0.5) is 5.69 Å². The van der Waals surface area contributed by atoms with Crippen LogP contribution in [0, 0.1) is 0 Å². The van der Waals surface area contributed by atoms with Crippen molar-refractivity contribution in [1.82, 2.24) is 14.7 Å². The molecule has 0 radical (unpaired) electrons. The first-order valence-electron chi connectivity index (χ1n) is 9.33. The highest BCUT2D eigenvalue weighted by Gasteiger charge is 2.12. The number of hydrogen-bond acceptors (Lipinski definition) is 4. The number of aromatic nitrogens is 2. The lowest BCUT2D eigenvalue weighted by molar-refractivity contribution is 0.295. The minimum Gasteiger partial charge on any atom is -0.380 e. The van der Waals surface area contributed by atoms with Gasteiger partial charge in [0, 0.05) is 6.04 Å². The Hall–Kier alpha value is -1.85. The van der Waals surface area contributed by atoms with Crippen molar-refractivity contribution in [3.8, 4) is 0 Å². The largest absolute Gasteiger partial charge is 0.380 e. The highest BCUT2D eigenvalue weighted by molar-refractivity contribution is 6.32. The van der Waals surface area contributed by atoms with Crippen molar-refractivity contribution in [1.29, 1.82) is 0 Å². The number of halogens is 1. The Kier molecular flexibility index (Phi) is 8.13. The molecule has 0 aliphatic heterocycles. The monoisotopic (exact) mass is 376 g/mol. The first-order chi connectivity index (χ1) is 12.5. The van der Waals surface area contributed by atoms with Gasteiger partial charge in [-0.1, -0.05) is 55.8 Å². The molecule has 1 unspecified atom stereocenters. The summed E-state index contributed by atoms with van der Waals surface area (Å²) in [4.78, 5) is 14.9. The average Bonchev–Trinajstić information content (AvgIpc) is 2.66. The van der Waals surface area contributed by atoms with Gasteiger partial charge in [-0.25, -0.2) is 4.68 Å². The van der Waals surface area contributed by atoms with E-state index in [1.807, 2.05) is 30.3 Å². The van der Waals surface area contributed by atoms with Crippen molar-refractivity contribution in [3.05, 3.63) is 57.5 Å². The van der Waals surface area contributed by atoms with Gasteiger partial charge in [-0.05, 0) is 45.0 Å². The number of benzene rings is 1. The molecular formula is C20H29ClN4O. The molecule has 0 spiro atoms. The summed E-state index contributed by atoms with van der Waals surface area (Å²) < 4.78 is 1.40. The molecule has 1 heterocycles. The molecule has 6 heteroatoms. The van der Waals surface area contributed by atoms with Crippen molar-refractivity contribution in [3.63, 3.8) is 0 Å². The molecule has 0 saturated carbocycles. The molecule has 1 aromatic carbocycles. The van der Waals surface area contributed by atoms with Gasteiger partial charge in [-0.2, -0.15) is 5.10 Å². The van der Waals surface area contributed by atoms with E-state index in [-0.39, 0.29) is 16.6 Å². The van der Waals surface area contributed by atoms with Gasteiger partial charge in [0.25, 0.3) is 5.56 Å². The van der Waals surface area contributed by atoms with E-state index in [4.69, 9.17) is 11.6 Å². The van der Waals surface area contributed by atoms with E-state index < -0.39 is 0 Å². The van der Waals surface area contributed by atoms with Crippen molar-refractivity contribution in [2.75, 3.05) is 25.0 Å². The Bertz CT molecular complexity index is 728. The predicted molar refractivity (Wildman–Crippen MR) is 109 cm³/mol. The number of rotatable bonds is 10. The van der Waals surface area contributed by atoms with Crippen LogP contribution in [0.25, 0.3) is 0 Å². The van der Waals surface area contributed by atoms with Crippen LogP contribution in [0.5, 0.6) is 0 Å². The van der Waals surface area contributed by atoms with Crippen LogP contribution in [0.3, 0.4) is 0 Å². The molecule has 0 aliphatic rings. The SMILES string of the molecule is CCN(CC)CCCC(C)Nc1cnn(Cc2ccccc2)c(=O)c1Cl. The third-order valence-electron chi connectivity index (χ3n) is 4.57. The van der Waals surface area contributed by atoms with Gasteiger partial charge >= 0.3 is 0 Å². The molecule has 26 heavy (non-hydrogen) atoms. The summed E-state index contributed by atoms with van der Waals surface area (Å²) in [6.07, 6.45) is 3.76. The second kappa shape index (κ2) is 10.3. The lowest BCUT2D eigenvalue weighted by Gasteiger charge is -2.20. The summed E-state index contributed by atoms with van der Waals surface area (Å²) >= 11 is 6.29. The molecule has 1 atom stereocenters. The Morgan fingerprint density at radius 3 is 2.58 bits per heavy atom. The van der Waals surface area contributed by atoms with Gasteiger partial charge in [0.05, 0.1) is 18.4 Å². The Morgan fingerprint density at radius 1 is 1.23 bits per heavy atom. The van der Waals surface area contributed by atoms with E-state index in [2.05, 4.69) is 36.1 Å². The van der Waals surface area contributed by atoms with Crippen molar-refractivity contribution in [2.45, 2.75) is 46.2 Å². The quantitative estimate of drug-likeness (QED) is 0.683. The lowest BCUT2D eigenvalue weighted by Crippen LogP contribution is -2.27. The Morgan fingerprint density at radius 2 is 1.92 bits per heavy atom. The van der Waals surface area contributed by atoms with Crippen LogP contribution in [-0.2, 0) is 6.54 Å². The number of nitrogens with zero attached hydrogens (tertiary/aromatic N) is 3. The fourth-order valence-corrected chi connectivity index (χ4v) is 3.13. The second-order valence-corrected chi connectivity index (χ2v) is 6.91. The molecule has 1 aromatic heterocycles. The van der Waals surface area contributed by atoms with Crippen LogP contribution in [0.1, 0.15) is 39.2 Å². The van der Waals surface area contributed by atoms with Gasteiger partial charge < -0.3 is 10.2 Å². The standard InChI is InChI=1S/C20H29ClN4O/c1-4-24(5-2)13-9-10-16(3)23-18-14-22-25(20(26)19(18)21)15-17-11-7-6-8-12-17/h6-8,11-12,14,16,23H,4-5,9-10,13,15H2,1-3H3. The summed E-state index contributed by atoms with van der Waals surface area (Å²) in [5.41, 5.74) is 1.36. The second-order valence-electron chi connectivity index (χ2n) is 6.54. The normalized spacial score (nSPS) is 12.3. The zero-order chi connectivity index (χ0) is 18.9. The van der Waals surface area contributed by atoms with Gasteiger partial charge in [-0.15, -0.1) is 0 Å². The molecule has 0 fully saturated rings. The fraction of sp³-hybridized carbons (Fsp3) is 0.500. The molecule has 0 bridgehead atoms. The minimum absolute atomic E-state index is 0.200. The third-order valence-corrected chi connectivity index (χ3v) is 4.93. The van der Waals surface area contributed by atoms with Crippen molar-refractivity contribution < 1.29 is 0 Å². The maximum absolute atomic E-state index is 12.5. The molecule has 2 aromatic rings. The molecular weight excluding hydrogens is 348 g/mol. The summed E-state index contributed by atoms with van der Waals surface area (Å²) in [7, 11) is 0. The maximum Gasteiger partial charge on any atom is 0.287 e. The van der Waals surface area contributed by atoms with E-state index >= 15 is 0 Å². The van der Waals surface area contributed by atoms with Gasteiger partial charge in [0.2, 0.25) is 0 Å². The topological polar surface area (TPSA) is 50.2 Å². The van der Waals surface area contributed by atoms with E-state index in [0.717, 1.165) is 38.0 Å². The Labute approximate surface area is 161 Å². The summed E-state index contributed by atoms with van der Waals surface area (Å²) in [6.45, 7) is 10.1. The third kappa shape index (κ3) is 5.85. The maximum atomic E-state index is 12.5. The van der Waals surface area contributed by atoms with Crippen LogP contribution < -0.4 is 10.9 Å². The van der Waals surface area contributed by atoms with Crippen molar-refractivity contribution >= 4 is 17.3 Å². The van der Waals surface area contributed by atoms with E-state index in [1.54, 1.807) is 6.20 Å². The van der Waals surface area contributed by atoms with E-state index in [9.17, 15) is 4.79 Å². The zero-order valence-corrected chi connectivity index (χ0v) is 16.7. The van der Waals surface area contributed by atoms with Crippen LogP contribution in [0.2, 0.25) is 5.02 Å². The minimum atomic E-state index is -0.268. The van der Waals surface area contributed by atoms with E-state index in [0.29, 0.717) is 12.2 Å². The van der Waals surface area contributed by atoms with Crippen LogP contribution in [-0.4, -0.2) is 40.4 Å². The fourth-order valence-electron chi connectivity index (χ4n) is 2.93. The average molecular weight is 377 g/mol. The number of nitrogens with one attached hydrogen (secondary N) is 1. The molecule has 1 N–H and O–H groups in total. The smallest absolute Gasteiger partial charge is 0.287 e. The molecule has 0 amide bonds. The molecule has 2 rings (SSSR count). The predicted octanol–water partition coefficient (Wildman–Crippen LogP) is 3.87. The highest BCUT2D eigenvalue weighted by Crippen LogP contribution is 2.18. The van der Waals surface area contributed by atoms with Gasteiger partial charge in [-0.3, -0.25) is 4.79 Å². The highest BCUT2D eigenvalue weighted by atomic mass is 35.5. The first kappa shape index (κ1) is 20.5. The molecule has 5 nitrogen and oxygen atoms in total. The van der Waals surface area contributed by atoms with Crippen LogP contribution in [0.15, 0.2) is 41.3 Å². The van der Waals surface area contributed by atoms with Crippen LogP contribution >= 0.6 is 11.6 Å². The lowest BCUT2D eigenvalue weighted by atomic mass is 10.1. The summed E-state index contributed by atoms with van der Waals surface area (Å²) in [5.74, 6) is 0.